The maximum Gasteiger partial charge on any atom is 0.152 e. The Bertz CT molecular complexity index is 254. The third kappa shape index (κ3) is 4.78. The molecule has 1 unspecified atom stereocenters. The number of ketones is 1. The van der Waals surface area contributed by atoms with Gasteiger partial charge in [-0.3, -0.25) is 9.69 Å². The van der Waals surface area contributed by atoms with Crippen molar-refractivity contribution in [3.05, 3.63) is 0 Å². The molecule has 1 saturated heterocycles. The van der Waals surface area contributed by atoms with Crippen molar-refractivity contribution in [2.45, 2.75) is 60.0 Å². The summed E-state index contributed by atoms with van der Waals surface area (Å²) in [6, 6.07) is 0.656. The van der Waals surface area contributed by atoms with Gasteiger partial charge in [-0.05, 0) is 32.1 Å². The summed E-state index contributed by atoms with van der Waals surface area (Å²) >= 11 is 0. The van der Waals surface area contributed by atoms with E-state index in [1.54, 1.807) is 0 Å². The third-order valence-corrected chi connectivity index (χ3v) is 3.88. The van der Waals surface area contributed by atoms with E-state index in [0.717, 1.165) is 13.0 Å². The Morgan fingerprint density at radius 2 is 1.56 bits per heavy atom. The van der Waals surface area contributed by atoms with Crippen LogP contribution in [0.25, 0.3) is 0 Å². The van der Waals surface area contributed by atoms with Gasteiger partial charge in [0, 0.05) is 18.5 Å². The number of hydrogen-bond acceptors (Lipinski definition) is 2. The molecule has 18 heavy (non-hydrogen) atoms. The smallest absolute Gasteiger partial charge is 0.152 e. The topological polar surface area (TPSA) is 20.3 Å². The van der Waals surface area contributed by atoms with E-state index in [4.69, 9.17) is 0 Å². The van der Waals surface area contributed by atoms with E-state index < -0.39 is 0 Å². The normalized spacial score (nSPS) is 24.3. The lowest BCUT2D eigenvalue weighted by atomic mass is 9.90. The van der Waals surface area contributed by atoms with Gasteiger partial charge >= 0.3 is 0 Å². The van der Waals surface area contributed by atoms with Gasteiger partial charge in [-0.1, -0.05) is 27.7 Å². The Morgan fingerprint density at radius 1 is 1.06 bits per heavy atom. The molecular formula is C14H31NOS2. The summed E-state index contributed by atoms with van der Waals surface area (Å²) in [5.41, 5.74) is 0. The second-order valence-electron chi connectivity index (χ2n) is 6.10. The first kappa shape index (κ1) is 20.6. The molecule has 0 aromatic carbocycles. The largest absolute Gasteiger partial charge is 0.298 e. The molecule has 1 fully saturated rings. The van der Waals surface area contributed by atoms with Gasteiger partial charge in [0.1, 0.15) is 0 Å². The number of carbonyl (C=O) groups excluding carboxylic acids is 1. The molecule has 0 spiro atoms. The molecule has 1 rings (SSSR count). The predicted octanol–water partition coefficient (Wildman–Crippen LogP) is 3.19. The van der Waals surface area contributed by atoms with E-state index in [0.29, 0.717) is 23.7 Å². The zero-order valence-corrected chi connectivity index (χ0v) is 14.7. The van der Waals surface area contributed by atoms with Gasteiger partial charge < -0.3 is 0 Å². The Morgan fingerprint density at radius 3 is 1.89 bits per heavy atom. The Balaban J connectivity index is 0. The first-order chi connectivity index (χ1) is 7.34. The standard InChI is InChI=1S/C14H27NO.2H2S/c1-9(2)12-7-13(14(16)10(3)4)15(8-12)11(5)6;;/h9-13H,7-8H2,1-6H3;2*1H2/t12?,13-;;/m0../s1. The average molecular weight is 294 g/mol. The number of rotatable bonds is 4. The summed E-state index contributed by atoms with van der Waals surface area (Å²) in [6.45, 7) is 14.1. The van der Waals surface area contributed by atoms with Gasteiger partial charge in [0.15, 0.2) is 5.78 Å². The molecule has 2 atom stereocenters. The summed E-state index contributed by atoms with van der Waals surface area (Å²) in [5.74, 6) is 1.97. The van der Waals surface area contributed by atoms with Gasteiger partial charge in [-0.15, -0.1) is 0 Å². The molecule has 0 N–H and O–H groups in total. The van der Waals surface area contributed by atoms with Crippen LogP contribution in [0.2, 0.25) is 0 Å². The molecule has 2 nitrogen and oxygen atoms in total. The number of nitrogens with zero attached hydrogens (tertiary/aromatic N) is 1. The predicted molar refractivity (Wildman–Crippen MR) is 89.2 cm³/mol. The lowest BCUT2D eigenvalue weighted by Crippen LogP contribution is -2.42. The summed E-state index contributed by atoms with van der Waals surface area (Å²) in [7, 11) is 0. The van der Waals surface area contributed by atoms with E-state index in [1.165, 1.54) is 0 Å². The first-order valence-corrected chi connectivity index (χ1v) is 6.64. The van der Waals surface area contributed by atoms with Crippen LogP contribution in [0.5, 0.6) is 0 Å². The van der Waals surface area contributed by atoms with Crippen LogP contribution in [0.4, 0.5) is 0 Å². The maximum absolute atomic E-state index is 12.2. The highest BCUT2D eigenvalue weighted by Crippen LogP contribution is 2.31. The van der Waals surface area contributed by atoms with Crippen LogP contribution in [0, 0.1) is 17.8 Å². The van der Waals surface area contributed by atoms with Crippen molar-refractivity contribution < 1.29 is 4.79 Å². The second kappa shape index (κ2) is 8.49. The number of Topliss-reactive ketones (excluding diaryl/α,β-unsaturated/α-hetero) is 1. The lowest BCUT2D eigenvalue weighted by Gasteiger charge is -2.28. The van der Waals surface area contributed by atoms with E-state index in [2.05, 4.69) is 32.6 Å². The fourth-order valence-electron chi connectivity index (χ4n) is 2.61. The fourth-order valence-corrected chi connectivity index (χ4v) is 2.61. The number of carbonyl (C=O) groups is 1. The molecule has 0 aliphatic carbocycles. The molecule has 0 aromatic heterocycles. The van der Waals surface area contributed by atoms with E-state index in [1.807, 2.05) is 13.8 Å². The summed E-state index contributed by atoms with van der Waals surface area (Å²) in [6.07, 6.45) is 1.06. The summed E-state index contributed by atoms with van der Waals surface area (Å²) < 4.78 is 0. The zero-order chi connectivity index (χ0) is 12.5. The Kier molecular flexibility index (Phi) is 9.74. The van der Waals surface area contributed by atoms with Gasteiger partial charge in [0.25, 0.3) is 0 Å². The van der Waals surface area contributed by atoms with Gasteiger partial charge in [0.05, 0.1) is 6.04 Å². The maximum atomic E-state index is 12.2. The van der Waals surface area contributed by atoms with E-state index >= 15 is 0 Å². The molecule has 0 aromatic rings. The molecular weight excluding hydrogens is 262 g/mol. The molecule has 0 amide bonds. The first-order valence-electron chi connectivity index (χ1n) is 6.64. The molecule has 0 saturated carbocycles. The summed E-state index contributed by atoms with van der Waals surface area (Å²) in [5, 5.41) is 0. The van der Waals surface area contributed by atoms with Crippen molar-refractivity contribution in [2.24, 2.45) is 17.8 Å². The summed E-state index contributed by atoms with van der Waals surface area (Å²) in [4.78, 5) is 14.6. The third-order valence-electron chi connectivity index (χ3n) is 3.88. The van der Waals surface area contributed by atoms with E-state index in [-0.39, 0.29) is 39.0 Å². The highest BCUT2D eigenvalue weighted by molar-refractivity contribution is 7.59. The minimum atomic E-state index is 0. The monoisotopic (exact) mass is 293 g/mol. The van der Waals surface area contributed by atoms with Crippen LogP contribution in [0.3, 0.4) is 0 Å². The van der Waals surface area contributed by atoms with Crippen molar-refractivity contribution in [3.8, 4) is 0 Å². The van der Waals surface area contributed by atoms with Crippen LogP contribution in [-0.4, -0.2) is 29.3 Å². The number of hydrogen-bond donors (Lipinski definition) is 0. The van der Waals surface area contributed by atoms with Gasteiger partial charge in [-0.25, -0.2) is 0 Å². The highest BCUT2D eigenvalue weighted by atomic mass is 32.1. The molecule has 0 bridgehead atoms. The molecule has 110 valence electrons. The Hall–Kier alpha value is 0.330. The quantitative estimate of drug-likeness (QED) is 0.793. The fraction of sp³-hybridized carbons (Fsp3) is 0.929. The molecule has 4 heteroatoms. The second-order valence-corrected chi connectivity index (χ2v) is 6.10. The SMILES string of the molecule is CC(C)C(=O)[C@@H]1CC(C(C)C)CN1C(C)C.S.S. The number of likely N-dealkylation sites (tertiary alicyclic amines) is 1. The van der Waals surface area contributed by atoms with Crippen molar-refractivity contribution >= 4 is 32.8 Å². The van der Waals surface area contributed by atoms with Crippen molar-refractivity contribution in [2.75, 3.05) is 6.54 Å². The Labute approximate surface area is 127 Å². The molecule has 1 aliphatic heterocycles. The lowest BCUT2D eigenvalue weighted by molar-refractivity contribution is -0.126. The van der Waals surface area contributed by atoms with Crippen molar-refractivity contribution in [3.63, 3.8) is 0 Å². The van der Waals surface area contributed by atoms with Crippen LogP contribution in [0.15, 0.2) is 0 Å². The minimum Gasteiger partial charge on any atom is -0.298 e. The van der Waals surface area contributed by atoms with Crippen LogP contribution < -0.4 is 0 Å². The molecule has 1 heterocycles. The molecule has 0 radical (unpaired) electrons. The highest BCUT2D eigenvalue weighted by Gasteiger charge is 2.39. The van der Waals surface area contributed by atoms with Crippen LogP contribution in [0.1, 0.15) is 48.0 Å². The zero-order valence-electron chi connectivity index (χ0n) is 12.7. The van der Waals surface area contributed by atoms with Crippen molar-refractivity contribution in [1.29, 1.82) is 0 Å². The van der Waals surface area contributed by atoms with E-state index in [9.17, 15) is 4.79 Å². The van der Waals surface area contributed by atoms with Crippen molar-refractivity contribution in [1.82, 2.24) is 4.90 Å². The minimum absolute atomic E-state index is 0. The van der Waals surface area contributed by atoms with Crippen LogP contribution >= 0.6 is 27.0 Å². The van der Waals surface area contributed by atoms with Crippen LogP contribution in [-0.2, 0) is 4.79 Å². The average Bonchev–Trinajstić information content (AvgIpc) is 2.60. The van der Waals surface area contributed by atoms with Gasteiger partial charge in [-0.2, -0.15) is 27.0 Å². The van der Waals surface area contributed by atoms with Gasteiger partial charge in [0.2, 0.25) is 0 Å². The molecule has 1 aliphatic rings.